The van der Waals surface area contributed by atoms with Crippen molar-refractivity contribution in [2.75, 3.05) is 0 Å². The summed E-state index contributed by atoms with van der Waals surface area (Å²) in [6.07, 6.45) is -2.17. The third-order valence-corrected chi connectivity index (χ3v) is 6.08. The minimum absolute atomic E-state index is 0.0401. The molecule has 0 spiro atoms. The number of hydrogen-bond acceptors (Lipinski definition) is 9. The summed E-state index contributed by atoms with van der Waals surface area (Å²) in [6, 6.07) is 5.15. The molecule has 0 saturated carbocycles. The Morgan fingerprint density at radius 2 is 1.95 bits per heavy atom. The van der Waals surface area contributed by atoms with E-state index in [0.29, 0.717) is 5.56 Å². The maximum Gasteiger partial charge on any atom is 0.416 e. The number of aryl methyl sites for hydroxylation is 1. The molecule has 0 atom stereocenters. The molecule has 2 N–H and O–H groups in total. The minimum atomic E-state index is -4.75. The minimum Gasteiger partial charge on any atom is -0.344 e. The Labute approximate surface area is 229 Å². The SMILES string of the molecule is Cn1cc([N+](=O)[O-])c(-c2nc3nccc(-c4ccc(CNC(=O)c5nc(C(C)(C)C)no5)c(C(F)(F)F)c4)c3[nH]2)n1. The number of nitrogens with zero attached hydrogens (tertiary/aromatic N) is 7. The van der Waals surface area contributed by atoms with Gasteiger partial charge >= 0.3 is 23.7 Å². The molecule has 0 aliphatic carbocycles. The molecule has 0 aliphatic rings. The van der Waals surface area contributed by atoms with E-state index in [9.17, 15) is 28.1 Å². The predicted molar refractivity (Wildman–Crippen MR) is 137 cm³/mol. The number of aromatic nitrogens is 7. The van der Waals surface area contributed by atoms with Crippen LogP contribution in [0.3, 0.4) is 0 Å². The number of nitrogens with one attached hydrogen (secondary N) is 2. The van der Waals surface area contributed by atoms with E-state index in [1.54, 1.807) is 0 Å². The van der Waals surface area contributed by atoms with Crippen molar-refractivity contribution >= 4 is 22.8 Å². The van der Waals surface area contributed by atoms with Crippen molar-refractivity contribution in [2.45, 2.75) is 38.9 Å². The van der Waals surface area contributed by atoms with Crippen LogP contribution in [0.5, 0.6) is 0 Å². The molecule has 4 heterocycles. The van der Waals surface area contributed by atoms with E-state index in [2.05, 4.69) is 35.5 Å². The lowest BCUT2D eigenvalue weighted by molar-refractivity contribution is -0.384. The van der Waals surface area contributed by atoms with Gasteiger partial charge in [-0.2, -0.15) is 23.3 Å². The fourth-order valence-electron chi connectivity index (χ4n) is 4.08. The number of pyridine rings is 1. The molecule has 0 fully saturated rings. The van der Waals surface area contributed by atoms with Gasteiger partial charge in [0, 0.05) is 30.8 Å². The summed E-state index contributed by atoms with van der Waals surface area (Å²) in [6.45, 7) is 5.00. The van der Waals surface area contributed by atoms with Crippen molar-refractivity contribution in [2.24, 2.45) is 7.05 Å². The first-order valence-corrected chi connectivity index (χ1v) is 12.1. The predicted octanol–water partition coefficient (Wildman–Crippen LogP) is 4.56. The van der Waals surface area contributed by atoms with Gasteiger partial charge in [0.05, 0.1) is 16.0 Å². The molecule has 212 valence electrons. The molecule has 13 nitrogen and oxygen atoms in total. The second-order valence-corrected chi connectivity index (χ2v) is 10.2. The summed E-state index contributed by atoms with van der Waals surface area (Å²) < 4.78 is 48.6. The van der Waals surface area contributed by atoms with Crippen molar-refractivity contribution in [1.82, 2.24) is 40.2 Å². The largest absolute Gasteiger partial charge is 0.416 e. The Morgan fingerprint density at radius 1 is 1.20 bits per heavy atom. The Kier molecular flexibility index (Phi) is 6.55. The zero-order valence-electron chi connectivity index (χ0n) is 22.1. The number of carbonyl (C=O) groups is 1. The Hall–Kier alpha value is -5.15. The second kappa shape index (κ2) is 9.79. The number of aromatic amines is 1. The monoisotopic (exact) mass is 569 g/mol. The van der Waals surface area contributed by atoms with Gasteiger partial charge in [-0.15, -0.1) is 0 Å². The number of halogens is 3. The number of alkyl halides is 3. The van der Waals surface area contributed by atoms with Gasteiger partial charge in [-0.05, 0) is 23.3 Å². The number of amides is 1. The van der Waals surface area contributed by atoms with Gasteiger partial charge in [0.2, 0.25) is 5.69 Å². The van der Waals surface area contributed by atoms with Gasteiger partial charge in [0.25, 0.3) is 0 Å². The molecule has 5 rings (SSSR count). The van der Waals surface area contributed by atoms with E-state index in [0.717, 1.165) is 6.07 Å². The molecule has 41 heavy (non-hydrogen) atoms. The number of carbonyl (C=O) groups excluding carboxylic acids is 1. The topological polar surface area (TPSA) is 171 Å². The van der Waals surface area contributed by atoms with E-state index in [1.807, 2.05) is 20.8 Å². The molecular formula is C25H22F3N9O4. The third-order valence-electron chi connectivity index (χ3n) is 6.08. The molecule has 4 aromatic heterocycles. The van der Waals surface area contributed by atoms with Gasteiger partial charge in [-0.25, -0.2) is 9.97 Å². The molecule has 0 saturated heterocycles. The highest BCUT2D eigenvalue weighted by molar-refractivity contribution is 5.92. The number of nitro groups is 1. The zero-order chi connectivity index (χ0) is 29.7. The van der Waals surface area contributed by atoms with Crippen LogP contribution >= 0.6 is 0 Å². The summed E-state index contributed by atoms with van der Waals surface area (Å²) >= 11 is 0. The number of imidazole rings is 1. The second-order valence-electron chi connectivity index (χ2n) is 10.2. The lowest BCUT2D eigenvalue weighted by Gasteiger charge is -2.15. The third kappa shape index (κ3) is 5.35. The number of fused-ring (bicyclic) bond motifs is 1. The van der Waals surface area contributed by atoms with E-state index in [4.69, 9.17) is 4.52 Å². The van der Waals surface area contributed by atoms with Gasteiger partial charge in [-0.1, -0.05) is 38.1 Å². The van der Waals surface area contributed by atoms with Gasteiger partial charge in [0.15, 0.2) is 17.3 Å². The van der Waals surface area contributed by atoms with Crippen LogP contribution in [0.2, 0.25) is 0 Å². The number of rotatable bonds is 6. The highest BCUT2D eigenvalue weighted by atomic mass is 19.4. The van der Waals surface area contributed by atoms with Crippen LogP contribution in [-0.4, -0.2) is 45.7 Å². The molecule has 0 radical (unpaired) electrons. The first kappa shape index (κ1) is 27.4. The quantitative estimate of drug-likeness (QED) is 0.220. The first-order chi connectivity index (χ1) is 19.2. The van der Waals surface area contributed by atoms with Crippen LogP contribution in [0, 0.1) is 10.1 Å². The molecule has 1 aromatic carbocycles. The fourth-order valence-corrected chi connectivity index (χ4v) is 4.08. The van der Waals surface area contributed by atoms with Crippen LogP contribution in [0.4, 0.5) is 18.9 Å². The molecule has 16 heteroatoms. The van der Waals surface area contributed by atoms with Crippen molar-refractivity contribution < 1.29 is 27.4 Å². The highest BCUT2D eigenvalue weighted by Gasteiger charge is 2.34. The van der Waals surface area contributed by atoms with Crippen LogP contribution in [0.25, 0.3) is 33.8 Å². The van der Waals surface area contributed by atoms with Crippen LogP contribution in [0.15, 0.2) is 41.2 Å². The first-order valence-electron chi connectivity index (χ1n) is 12.1. The number of hydrogen-bond donors (Lipinski definition) is 2. The van der Waals surface area contributed by atoms with Crippen molar-refractivity contribution in [3.8, 4) is 22.6 Å². The molecule has 5 aromatic rings. The maximum absolute atomic E-state index is 14.1. The summed E-state index contributed by atoms with van der Waals surface area (Å²) in [5, 5.41) is 21.7. The molecular weight excluding hydrogens is 547 g/mol. The van der Waals surface area contributed by atoms with Crippen LogP contribution in [-0.2, 0) is 25.2 Å². The van der Waals surface area contributed by atoms with Crippen molar-refractivity contribution in [3.05, 3.63) is 69.6 Å². The van der Waals surface area contributed by atoms with Crippen LogP contribution in [0.1, 0.15) is 48.4 Å². The van der Waals surface area contributed by atoms with E-state index < -0.39 is 34.5 Å². The number of benzene rings is 1. The average Bonchev–Trinajstić information content (AvgIpc) is 3.64. The lowest BCUT2D eigenvalue weighted by atomic mass is 9.96. The van der Waals surface area contributed by atoms with Crippen molar-refractivity contribution in [3.63, 3.8) is 0 Å². The summed E-state index contributed by atoms with van der Waals surface area (Å²) in [7, 11) is 1.51. The van der Waals surface area contributed by atoms with E-state index in [-0.39, 0.29) is 51.2 Å². The standard InChI is InChI=1S/C25H22F3N9O4/c1-24(2,3)23-33-22(41-35-23)21(38)30-10-13-6-5-12(9-15(13)25(26,27)28)14-7-8-29-19-17(14)31-20(32-19)18-16(37(39)40)11-36(4)34-18/h5-9,11H,10H2,1-4H3,(H,30,38)(H,29,31,32). The summed E-state index contributed by atoms with van der Waals surface area (Å²) in [4.78, 5) is 38.7. The lowest BCUT2D eigenvalue weighted by Crippen LogP contribution is -2.25. The Morgan fingerprint density at radius 3 is 2.61 bits per heavy atom. The normalized spacial score (nSPS) is 12.2. The molecule has 1 amide bonds. The maximum atomic E-state index is 14.1. The van der Waals surface area contributed by atoms with Gasteiger partial charge in [0.1, 0.15) is 6.20 Å². The molecule has 0 unspecified atom stereocenters. The van der Waals surface area contributed by atoms with Gasteiger partial charge < -0.3 is 14.8 Å². The molecule has 0 bridgehead atoms. The van der Waals surface area contributed by atoms with E-state index >= 15 is 0 Å². The van der Waals surface area contributed by atoms with Crippen molar-refractivity contribution in [1.29, 1.82) is 0 Å². The number of H-pyrrole nitrogens is 1. The summed E-state index contributed by atoms with van der Waals surface area (Å²) in [5.74, 6) is -0.846. The molecule has 0 aliphatic heterocycles. The average molecular weight is 570 g/mol. The zero-order valence-corrected chi connectivity index (χ0v) is 22.1. The smallest absolute Gasteiger partial charge is 0.344 e. The Balaban J connectivity index is 1.48. The van der Waals surface area contributed by atoms with Crippen LogP contribution < -0.4 is 5.32 Å². The van der Waals surface area contributed by atoms with Gasteiger partial charge in [-0.3, -0.25) is 19.6 Å². The fraction of sp³-hybridized carbons (Fsp3) is 0.280. The highest BCUT2D eigenvalue weighted by Crippen LogP contribution is 2.37. The Bertz CT molecular complexity index is 1800. The summed E-state index contributed by atoms with van der Waals surface area (Å²) in [5.41, 5.74) is -1.08. The van der Waals surface area contributed by atoms with E-state index in [1.165, 1.54) is 42.3 Å².